The molecule has 0 unspecified atom stereocenters. The van der Waals surface area contributed by atoms with Crippen LogP contribution in [0.25, 0.3) is 0 Å². The molecular weight excluding hydrogens is 143 g/mol. The number of halogens is 3. The van der Waals surface area contributed by atoms with E-state index in [2.05, 4.69) is 0 Å². The number of nitrogens with zero attached hydrogens (tertiary/aromatic N) is 1. The largest absolute Gasteiger partial charge is 0.379 e. The Balaban J connectivity index is 0.000000180. The Morgan fingerprint density at radius 2 is 1.40 bits per heavy atom. The Morgan fingerprint density at radius 3 is 1.50 bits per heavy atom. The van der Waals surface area contributed by atoms with Crippen LogP contribution in [0.1, 0.15) is 0 Å². The maximum atomic E-state index is 9.67. The van der Waals surface area contributed by atoms with Gasteiger partial charge in [-0.1, -0.05) is 0 Å². The van der Waals surface area contributed by atoms with Gasteiger partial charge in [0.1, 0.15) is 0 Å². The van der Waals surface area contributed by atoms with Gasteiger partial charge in [-0.15, -0.1) is 0 Å². The van der Waals surface area contributed by atoms with Crippen molar-refractivity contribution in [3.63, 3.8) is 0 Å². The maximum absolute atomic E-state index is 9.67. The van der Waals surface area contributed by atoms with Gasteiger partial charge in [0.05, 0.1) is 0 Å². The molecular formula is C6H8F3N. The molecule has 0 N–H and O–H groups in total. The van der Waals surface area contributed by atoms with Gasteiger partial charge >= 0.3 is 6.68 Å². The van der Waals surface area contributed by atoms with E-state index in [-0.39, 0.29) is 0 Å². The van der Waals surface area contributed by atoms with E-state index in [1.54, 1.807) is 0 Å². The number of hydrogen-bond donors (Lipinski definition) is 0. The first-order valence-electron chi connectivity index (χ1n) is 2.62. The minimum Gasteiger partial charge on any atom is -0.357 e. The molecule has 0 amide bonds. The quantitative estimate of drug-likeness (QED) is 0.535. The van der Waals surface area contributed by atoms with Crippen molar-refractivity contribution in [2.45, 2.75) is 6.68 Å². The molecule has 0 atom stereocenters. The van der Waals surface area contributed by atoms with Crippen molar-refractivity contribution in [2.75, 3.05) is 0 Å². The number of aromatic nitrogens is 1. The fourth-order valence-corrected chi connectivity index (χ4v) is 0.421. The van der Waals surface area contributed by atoms with Gasteiger partial charge in [0, 0.05) is 19.4 Å². The normalized spacial score (nSPS) is 8.90. The molecule has 0 aliphatic heterocycles. The van der Waals surface area contributed by atoms with Crippen molar-refractivity contribution < 1.29 is 13.2 Å². The maximum Gasteiger partial charge on any atom is 0.379 e. The highest BCUT2D eigenvalue weighted by Crippen LogP contribution is 1.87. The molecule has 1 aromatic rings. The van der Waals surface area contributed by atoms with E-state index < -0.39 is 6.68 Å². The first-order valence-corrected chi connectivity index (χ1v) is 2.62. The minimum absolute atomic E-state index is 2.00. The summed E-state index contributed by atoms with van der Waals surface area (Å²) in [7, 11) is 2.00. The molecule has 0 saturated heterocycles. The predicted octanol–water partition coefficient (Wildman–Crippen LogP) is 2.20. The van der Waals surface area contributed by atoms with Crippen LogP contribution in [0.4, 0.5) is 13.2 Å². The lowest BCUT2D eigenvalue weighted by molar-refractivity contribution is 0.00819. The highest BCUT2D eigenvalue weighted by atomic mass is 19.4. The molecule has 1 rings (SSSR count). The van der Waals surface area contributed by atoms with Crippen LogP contribution >= 0.6 is 0 Å². The summed E-state index contributed by atoms with van der Waals surface area (Å²) in [6, 6.07) is 4.00. The predicted molar refractivity (Wildman–Crippen MR) is 32.5 cm³/mol. The second-order valence-electron chi connectivity index (χ2n) is 1.60. The van der Waals surface area contributed by atoms with Gasteiger partial charge < -0.3 is 4.57 Å². The van der Waals surface area contributed by atoms with Crippen LogP contribution in [0.5, 0.6) is 0 Å². The summed E-state index contributed by atoms with van der Waals surface area (Å²) in [5, 5.41) is 0. The van der Waals surface area contributed by atoms with Crippen LogP contribution in [0, 0.1) is 0 Å². The third-order valence-corrected chi connectivity index (χ3v) is 0.754. The molecule has 1 nitrogen and oxygen atoms in total. The molecule has 0 bridgehead atoms. The Morgan fingerprint density at radius 1 is 1.10 bits per heavy atom. The molecule has 10 heavy (non-hydrogen) atoms. The standard InChI is InChI=1S/C5H7N.CHF3/c1-6-4-2-3-5-6;2-1(3)4/h2-5H,1H3;1H. The summed E-state index contributed by atoms with van der Waals surface area (Å²) >= 11 is 0. The van der Waals surface area contributed by atoms with Crippen LogP contribution < -0.4 is 0 Å². The molecule has 4 heteroatoms. The fourth-order valence-electron chi connectivity index (χ4n) is 0.421. The average Bonchev–Trinajstić information content (AvgIpc) is 2.15. The zero-order valence-corrected chi connectivity index (χ0v) is 5.47. The smallest absolute Gasteiger partial charge is 0.357 e. The van der Waals surface area contributed by atoms with Gasteiger partial charge in [-0.3, -0.25) is 0 Å². The lowest BCUT2D eigenvalue weighted by Crippen LogP contribution is -1.75. The van der Waals surface area contributed by atoms with E-state index >= 15 is 0 Å². The topological polar surface area (TPSA) is 4.93 Å². The fraction of sp³-hybridized carbons (Fsp3) is 0.333. The number of alkyl halides is 3. The van der Waals surface area contributed by atoms with Crippen molar-refractivity contribution in [1.82, 2.24) is 4.57 Å². The van der Waals surface area contributed by atoms with Gasteiger partial charge in [-0.05, 0) is 12.1 Å². The SMILES string of the molecule is Cn1cccc1.FC(F)F. The summed E-state index contributed by atoms with van der Waals surface area (Å²) in [4.78, 5) is 0. The molecule has 0 aliphatic carbocycles. The van der Waals surface area contributed by atoms with Crippen molar-refractivity contribution in [3.8, 4) is 0 Å². The Bertz CT molecular complexity index is 145. The number of rotatable bonds is 0. The molecule has 0 radical (unpaired) electrons. The highest BCUT2D eigenvalue weighted by molar-refractivity contribution is 4.88. The molecule has 58 valence electrons. The van der Waals surface area contributed by atoms with Crippen LogP contribution in [-0.4, -0.2) is 11.2 Å². The summed E-state index contributed by atoms with van der Waals surface area (Å²) in [6.45, 7) is -3.67. The van der Waals surface area contributed by atoms with Crippen LogP contribution in [-0.2, 0) is 7.05 Å². The number of aryl methyl sites for hydroxylation is 1. The van der Waals surface area contributed by atoms with Gasteiger partial charge in [-0.2, -0.15) is 13.2 Å². The second kappa shape index (κ2) is 4.90. The third-order valence-electron chi connectivity index (χ3n) is 0.754. The highest BCUT2D eigenvalue weighted by Gasteiger charge is 1.86. The lowest BCUT2D eigenvalue weighted by Gasteiger charge is -1.79. The van der Waals surface area contributed by atoms with Crippen molar-refractivity contribution in [3.05, 3.63) is 24.5 Å². The monoisotopic (exact) mass is 151 g/mol. The van der Waals surface area contributed by atoms with Crippen LogP contribution in [0.15, 0.2) is 24.5 Å². The minimum atomic E-state index is -3.67. The van der Waals surface area contributed by atoms with Gasteiger partial charge in [0.15, 0.2) is 0 Å². The first-order chi connectivity index (χ1) is 4.63. The molecule has 0 aromatic carbocycles. The Hall–Kier alpha value is -0.930. The third kappa shape index (κ3) is 7.07. The Kier molecular flexibility index (Phi) is 4.45. The number of hydrogen-bond acceptors (Lipinski definition) is 0. The molecule has 1 heterocycles. The van der Waals surface area contributed by atoms with E-state index in [1.807, 2.05) is 36.1 Å². The lowest BCUT2D eigenvalue weighted by atomic mass is 10.7. The molecule has 0 spiro atoms. The zero-order valence-electron chi connectivity index (χ0n) is 5.47. The second-order valence-corrected chi connectivity index (χ2v) is 1.60. The van der Waals surface area contributed by atoms with E-state index in [0.29, 0.717) is 0 Å². The van der Waals surface area contributed by atoms with Gasteiger partial charge in [0.2, 0.25) is 0 Å². The summed E-state index contributed by atoms with van der Waals surface area (Å²) in [6.07, 6.45) is 4.00. The average molecular weight is 151 g/mol. The van der Waals surface area contributed by atoms with Gasteiger partial charge in [0.25, 0.3) is 0 Å². The summed E-state index contributed by atoms with van der Waals surface area (Å²) in [5.41, 5.74) is 0. The van der Waals surface area contributed by atoms with Crippen molar-refractivity contribution in [1.29, 1.82) is 0 Å². The molecule has 0 aliphatic rings. The van der Waals surface area contributed by atoms with Crippen LogP contribution in [0.3, 0.4) is 0 Å². The van der Waals surface area contributed by atoms with Crippen molar-refractivity contribution >= 4 is 0 Å². The van der Waals surface area contributed by atoms with E-state index in [9.17, 15) is 13.2 Å². The Labute approximate surface area is 57.1 Å². The van der Waals surface area contributed by atoms with Crippen molar-refractivity contribution in [2.24, 2.45) is 7.05 Å². The van der Waals surface area contributed by atoms with E-state index in [0.717, 1.165) is 0 Å². The zero-order chi connectivity index (χ0) is 7.98. The molecule has 0 saturated carbocycles. The molecule has 1 aromatic heterocycles. The summed E-state index contributed by atoms with van der Waals surface area (Å²) < 4.78 is 31.0. The van der Waals surface area contributed by atoms with Crippen LogP contribution in [0.2, 0.25) is 0 Å². The first kappa shape index (κ1) is 9.07. The van der Waals surface area contributed by atoms with E-state index in [4.69, 9.17) is 0 Å². The summed E-state index contributed by atoms with van der Waals surface area (Å²) in [5.74, 6) is 0. The van der Waals surface area contributed by atoms with Gasteiger partial charge in [-0.25, -0.2) is 0 Å². The molecule has 0 fully saturated rings. The van der Waals surface area contributed by atoms with E-state index in [1.165, 1.54) is 0 Å².